The quantitative estimate of drug-likeness (QED) is 0.421. The summed E-state index contributed by atoms with van der Waals surface area (Å²) in [6.45, 7) is -0.201. The first-order chi connectivity index (χ1) is 13.4. The molecule has 28 heavy (non-hydrogen) atoms. The summed E-state index contributed by atoms with van der Waals surface area (Å²) in [6, 6.07) is 10.3. The van der Waals surface area contributed by atoms with Crippen LogP contribution >= 0.6 is 31.9 Å². The van der Waals surface area contributed by atoms with Crippen LogP contribution in [0, 0.1) is 0 Å². The third-order valence-electron chi connectivity index (χ3n) is 3.67. The van der Waals surface area contributed by atoms with E-state index in [1.807, 2.05) is 6.07 Å². The number of fused-ring (bicyclic) bond motifs is 1. The zero-order chi connectivity index (χ0) is 20.1. The molecule has 0 saturated heterocycles. The first-order valence-electron chi connectivity index (χ1n) is 8.10. The Kier molecular flexibility index (Phi) is 6.53. The van der Waals surface area contributed by atoms with Gasteiger partial charge in [-0.1, -0.05) is 12.1 Å². The minimum atomic E-state index is -0.835. The molecule has 0 fully saturated rings. The van der Waals surface area contributed by atoms with Crippen molar-refractivity contribution in [2.75, 3.05) is 13.2 Å². The van der Waals surface area contributed by atoms with E-state index >= 15 is 0 Å². The second kappa shape index (κ2) is 9.07. The summed E-state index contributed by atoms with van der Waals surface area (Å²) in [5, 5.41) is 16.0. The third-order valence-corrected chi connectivity index (χ3v) is 4.88. The minimum Gasteiger partial charge on any atom is -0.506 e. The Balaban J connectivity index is 1.46. The van der Waals surface area contributed by atoms with Crippen LogP contribution in [0.25, 0.3) is 0 Å². The van der Waals surface area contributed by atoms with Gasteiger partial charge >= 0.3 is 0 Å². The molecule has 0 bridgehead atoms. The number of aromatic hydroxyl groups is 1. The molecular weight excluding hydrogens is 498 g/mol. The average molecular weight is 513 g/mol. The van der Waals surface area contributed by atoms with Gasteiger partial charge in [0.1, 0.15) is 12.4 Å². The highest BCUT2D eigenvalue weighted by Crippen LogP contribution is 2.33. The highest BCUT2D eigenvalue weighted by atomic mass is 79.9. The van der Waals surface area contributed by atoms with Gasteiger partial charge in [0.25, 0.3) is 11.8 Å². The number of carbonyl (C=O) groups excluding carboxylic acids is 2. The molecule has 3 N–H and O–H groups in total. The minimum absolute atomic E-state index is 0.0627. The van der Waals surface area contributed by atoms with Crippen molar-refractivity contribution >= 4 is 49.9 Å². The summed E-state index contributed by atoms with van der Waals surface area (Å²) in [5.74, 6) is 0.166. The molecule has 0 saturated carbocycles. The molecule has 1 aliphatic heterocycles. The number of benzene rings is 2. The van der Waals surface area contributed by atoms with Gasteiger partial charge in [0, 0.05) is 0 Å². The van der Waals surface area contributed by atoms with Gasteiger partial charge in [-0.25, -0.2) is 5.43 Å². The standard InChI is InChI=1S/C18H15Br2N3O5/c19-11-5-10(6-12(20)17(11)25)7-22-23-16(24)8-21-18(26)15-9-27-13-3-1-2-4-14(13)28-15/h1-7,15,25H,8-9H2,(H,21,26)(H,23,24)/b22-7-/t15-/m0/s1. The molecular formula is C18H15Br2N3O5. The molecule has 0 spiro atoms. The number of hydrazone groups is 1. The van der Waals surface area contributed by atoms with Crippen LogP contribution in [0.15, 0.2) is 50.4 Å². The lowest BCUT2D eigenvalue weighted by atomic mass is 10.2. The second-order valence-electron chi connectivity index (χ2n) is 5.71. The SMILES string of the molecule is O=C(CNC(=O)[C@@H]1COc2ccccc2O1)N/N=C\c1cc(Br)c(O)c(Br)c1. The van der Waals surface area contributed by atoms with Crippen molar-refractivity contribution in [3.05, 3.63) is 50.9 Å². The van der Waals surface area contributed by atoms with Crippen molar-refractivity contribution in [3.63, 3.8) is 0 Å². The van der Waals surface area contributed by atoms with Crippen molar-refractivity contribution in [1.29, 1.82) is 0 Å². The molecule has 1 atom stereocenters. The summed E-state index contributed by atoms with van der Waals surface area (Å²) in [7, 11) is 0. The summed E-state index contributed by atoms with van der Waals surface area (Å²) < 4.78 is 12.0. The van der Waals surface area contributed by atoms with Crippen LogP contribution in [0.4, 0.5) is 0 Å². The van der Waals surface area contributed by atoms with Crippen LogP contribution in [0.2, 0.25) is 0 Å². The van der Waals surface area contributed by atoms with E-state index in [0.29, 0.717) is 26.0 Å². The summed E-state index contributed by atoms with van der Waals surface area (Å²) in [4.78, 5) is 24.0. The second-order valence-corrected chi connectivity index (χ2v) is 7.42. The maximum Gasteiger partial charge on any atom is 0.265 e. The molecule has 0 unspecified atom stereocenters. The highest BCUT2D eigenvalue weighted by Gasteiger charge is 2.27. The monoisotopic (exact) mass is 511 g/mol. The predicted molar refractivity (Wildman–Crippen MR) is 109 cm³/mol. The summed E-state index contributed by atoms with van der Waals surface area (Å²) >= 11 is 6.42. The number of hydrogen-bond acceptors (Lipinski definition) is 6. The summed E-state index contributed by atoms with van der Waals surface area (Å²) in [5.41, 5.74) is 2.95. The fourth-order valence-electron chi connectivity index (χ4n) is 2.31. The number of phenolic OH excluding ortho intramolecular Hbond substituents is 1. The molecule has 0 aliphatic carbocycles. The average Bonchev–Trinajstić information content (AvgIpc) is 2.69. The van der Waals surface area contributed by atoms with Gasteiger partial charge in [-0.3, -0.25) is 9.59 Å². The van der Waals surface area contributed by atoms with Crippen molar-refractivity contribution in [2.24, 2.45) is 5.10 Å². The van der Waals surface area contributed by atoms with Crippen LogP contribution in [-0.4, -0.2) is 42.4 Å². The van der Waals surface area contributed by atoms with Crippen molar-refractivity contribution in [2.45, 2.75) is 6.10 Å². The van der Waals surface area contributed by atoms with Gasteiger partial charge < -0.3 is 19.9 Å². The molecule has 3 rings (SSSR count). The van der Waals surface area contributed by atoms with E-state index in [2.05, 4.69) is 47.7 Å². The molecule has 0 radical (unpaired) electrons. The first kappa shape index (κ1) is 20.2. The Morgan fingerprint density at radius 1 is 1.21 bits per heavy atom. The third kappa shape index (κ3) is 5.02. The Labute approximate surface area is 177 Å². The van der Waals surface area contributed by atoms with Gasteiger partial charge in [0.05, 0.1) is 21.7 Å². The topological polar surface area (TPSA) is 109 Å². The van der Waals surface area contributed by atoms with Crippen LogP contribution in [0.3, 0.4) is 0 Å². The number of hydrogen-bond donors (Lipinski definition) is 3. The largest absolute Gasteiger partial charge is 0.506 e. The molecule has 146 valence electrons. The fraction of sp³-hybridized carbons (Fsp3) is 0.167. The lowest BCUT2D eigenvalue weighted by Crippen LogP contribution is -2.46. The van der Waals surface area contributed by atoms with Crippen molar-refractivity contribution < 1.29 is 24.2 Å². The normalized spacial score (nSPS) is 15.3. The number of nitrogens with one attached hydrogen (secondary N) is 2. The zero-order valence-electron chi connectivity index (χ0n) is 14.3. The van der Waals surface area contributed by atoms with Crippen LogP contribution < -0.4 is 20.2 Å². The zero-order valence-corrected chi connectivity index (χ0v) is 17.5. The van der Waals surface area contributed by atoms with Crippen LogP contribution in [-0.2, 0) is 9.59 Å². The number of ether oxygens (including phenoxy) is 2. The molecule has 10 heteroatoms. The fourth-order valence-corrected chi connectivity index (χ4v) is 3.53. The van der Waals surface area contributed by atoms with Gasteiger partial charge in [-0.2, -0.15) is 5.10 Å². The van der Waals surface area contributed by atoms with E-state index in [0.717, 1.165) is 0 Å². The molecule has 2 aromatic rings. The Morgan fingerprint density at radius 2 is 1.89 bits per heavy atom. The Bertz CT molecular complexity index is 912. The number of nitrogens with zero attached hydrogens (tertiary/aromatic N) is 1. The van der Waals surface area contributed by atoms with Gasteiger partial charge in [0.15, 0.2) is 11.5 Å². The van der Waals surface area contributed by atoms with Crippen molar-refractivity contribution in [1.82, 2.24) is 10.7 Å². The van der Waals surface area contributed by atoms with Crippen molar-refractivity contribution in [3.8, 4) is 17.2 Å². The molecule has 8 nitrogen and oxygen atoms in total. The highest BCUT2D eigenvalue weighted by molar-refractivity contribution is 9.11. The molecule has 1 heterocycles. The number of phenols is 1. The van der Waals surface area contributed by atoms with E-state index in [9.17, 15) is 14.7 Å². The van der Waals surface area contributed by atoms with E-state index < -0.39 is 17.9 Å². The Morgan fingerprint density at radius 3 is 2.61 bits per heavy atom. The maximum absolute atomic E-state index is 12.1. The number of halogens is 2. The van der Waals surface area contributed by atoms with E-state index in [1.54, 1.807) is 30.3 Å². The van der Waals surface area contributed by atoms with Gasteiger partial charge in [-0.15, -0.1) is 0 Å². The number of rotatable bonds is 5. The Hall–Kier alpha value is -2.59. The number of para-hydroxylation sites is 2. The van der Waals surface area contributed by atoms with Gasteiger partial charge in [-0.05, 0) is 61.7 Å². The lowest BCUT2D eigenvalue weighted by molar-refractivity contribution is -0.132. The molecule has 2 aromatic carbocycles. The smallest absolute Gasteiger partial charge is 0.265 e. The van der Waals surface area contributed by atoms with Gasteiger partial charge in [0.2, 0.25) is 6.10 Å². The van der Waals surface area contributed by atoms with Crippen LogP contribution in [0.5, 0.6) is 17.2 Å². The van der Waals surface area contributed by atoms with E-state index in [1.165, 1.54) is 6.21 Å². The molecule has 1 aliphatic rings. The maximum atomic E-state index is 12.1. The molecule has 2 amide bonds. The molecule has 0 aromatic heterocycles. The summed E-state index contributed by atoms with van der Waals surface area (Å²) in [6.07, 6.45) is 0.571. The van der Waals surface area contributed by atoms with E-state index in [4.69, 9.17) is 9.47 Å². The van der Waals surface area contributed by atoms with Crippen LogP contribution in [0.1, 0.15) is 5.56 Å². The first-order valence-corrected chi connectivity index (χ1v) is 9.69. The number of carbonyl (C=O) groups is 2. The lowest BCUT2D eigenvalue weighted by Gasteiger charge is -2.25. The van der Waals surface area contributed by atoms with E-state index in [-0.39, 0.29) is 18.9 Å². The number of amides is 2. The predicted octanol–water partition coefficient (Wildman–Crippen LogP) is 2.32.